The number of hydrogen-bond donors (Lipinski definition) is 2. The molecule has 0 aliphatic carbocycles. The summed E-state index contributed by atoms with van der Waals surface area (Å²) in [6.45, 7) is 5.14. The van der Waals surface area contributed by atoms with Crippen molar-refractivity contribution in [1.29, 1.82) is 0 Å². The molecule has 0 saturated carbocycles. The summed E-state index contributed by atoms with van der Waals surface area (Å²) < 4.78 is 0. The van der Waals surface area contributed by atoms with Gasteiger partial charge in [-0.25, -0.2) is 0 Å². The molecule has 0 heterocycles. The van der Waals surface area contributed by atoms with Crippen molar-refractivity contribution in [3.05, 3.63) is 12.7 Å². The lowest BCUT2D eigenvalue weighted by Crippen LogP contribution is -2.27. The van der Waals surface area contributed by atoms with Crippen LogP contribution in [0.15, 0.2) is 12.7 Å². The third-order valence-electron chi connectivity index (χ3n) is 1.71. The highest BCUT2D eigenvalue weighted by Gasteiger charge is 2.18. The first-order valence-electron chi connectivity index (χ1n) is 3.55. The molecule has 62 valence electrons. The van der Waals surface area contributed by atoms with E-state index in [0.717, 1.165) is 0 Å². The monoisotopic (exact) mass is 154 g/mol. The van der Waals surface area contributed by atoms with Crippen molar-refractivity contribution in [3.63, 3.8) is 0 Å². The zero-order valence-electron chi connectivity index (χ0n) is 6.70. The summed E-state index contributed by atoms with van der Waals surface area (Å²) in [5.41, 5.74) is 0. The van der Waals surface area contributed by atoms with E-state index in [4.69, 9.17) is 6.42 Å². The first-order chi connectivity index (χ1) is 5.13. The van der Waals surface area contributed by atoms with Crippen LogP contribution in [0.4, 0.5) is 0 Å². The Labute approximate surface area is 67.6 Å². The number of hydrogen-bond acceptors (Lipinski definition) is 2. The van der Waals surface area contributed by atoms with E-state index in [1.807, 2.05) is 0 Å². The topological polar surface area (TPSA) is 40.5 Å². The highest BCUT2D eigenvalue weighted by molar-refractivity contribution is 4.92. The van der Waals surface area contributed by atoms with Gasteiger partial charge in [0.05, 0.1) is 12.2 Å². The van der Waals surface area contributed by atoms with Crippen LogP contribution >= 0.6 is 0 Å². The van der Waals surface area contributed by atoms with Crippen LogP contribution in [-0.4, -0.2) is 22.4 Å². The van der Waals surface area contributed by atoms with Crippen LogP contribution in [0.25, 0.3) is 0 Å². The number of aliphatic hydroxyl groups excluding tert-OH is 2. The lowest BCUT2D eigenvalue weighted by atomic mass is 9.96. The molecule has 11 heavy (non-hydrogen) atoms. The molecule has 0 radical (unpaired) electrons. The van der Waals surface area contributed by atoms with Crippen molar-refractivity contribution >= 4 is 0 Å². The SMILES string of the molecule is C#CC[C@@H](O)[C@H](C)[C@@H](O)C=C. The Morgan fingerprint density at radius 1 is 1.64 bits per heavy atom. The molecule has 0 spiro atoms. The Hall–Kier alpha value is -0.780. The summed E-state index contributed by atoms with van der Waals surface area (Å²) >= 11 is 0. The Balaban J connectivity index is 3.91. The fourth-order valence-corrected chi connectivity index (χ4v) is 0.749. The molecule has 0 amide bonds. The van der Waals surface area contributed by atoms with Gasteiger partial charge in [0.15, 0.2) is 0 Å². The minimum atomic E-state index is -0.682. The van der Waals surface area contributed by atoms with E-state index >= 15 is 0 Å². The number of rotatable bonds is 4. The smallest absolute Gasteiger partial charge is 0.0768 e. The normalized spacial score (nSPS) is 18.0. The van der Waals surface area contributed by atoms with Crippen LogP contribution in [0.5, 0.6) is 0 Å². The van der Waals surface area contributed by atoms with Gasteiger partial charge in [-0.2, -0.15) is 0 Å². The number of terminal acetylenes is 1. The molecule has 0 aromatic rings. The third-order valence-corrected chi connectivity index (χ3v) is 1.71. The fourth-order valence-electron chi connectivity index (χ4n) is 0.749. The van der Waals surface area contributed by atoms with Gasteiger partial charge in [-0.15, -0.1) is 18.9 Å². The van der Waals surface area contributed by atoms with Crippen LogP contribution < -0.4 is 0 Å². The van der Waals surface area contributed by atoms with Crippen LogP contribution in [0.2, 0.25) is 0 Å². The maximum atomic E-state index is 9.27. The van der Waals surface area contributed by atoms with Gasteiger partial charge >= 0.3 is 0 Å². The Morgan fingerprint density at radius 2 is 2.18 bits per heavy atom. The first-order valence-corrected chi connectivity index (χ1v) is 3.55. The van der Waals surface area contributed by atoms with Gasteiger partial charge in [-0.3, -0.25) is 0 Å². The van der Waals surface area contributed by atoms with Gasteiger partial charge in [0.2, 0.25) is 0 Å². The van der Waals surface area contributed by atoms with E-state index in [2.05, 4.69) is 12.5 Å². The maximum Gasteiger partial charge on any atom is 0.0768 e. The van der Waals surface area contributed by atoms with E-state index in [-0.39, 0.29) is 12.3 Å². The standard InChI is InChI=1S/C9H14O2/c1-4-6-9(11)7(3)8(10)5-2/h1,5,7-11H,2,6H2,3H3/t7-,8+,9-/m1/s1. The van der Waals surface area contributed by atoms with E-state index in [0.29, 0.717) is 0 Å². The molecule has 0 saturated heterocycles. The van der Waals surface area contributed by atoms with Crippen molar-refractivity contribution < 1.29 is 10.2 Å². The maximum absolute atomic E-state index is 9.27. The summed E-state index contributed by atoms with van der Waals surface area (Å²) in [6, 6.07) is 0. The second kappa shape index (κ2) is 4.95. The highest BCUT2D eigenvalue weighted by atomic mass is 16.3. The second-order valence-electron chi connectivity index (χ2n) is 2.56. The lowest BCUT2D eigenvalue weighted by Gasteiger charge is -2.19. The minimum Gasteiger partial charge on any atom is -0.392 e. The number of aliphatic hydroxyl groups is 2. The fraction of sp³-hybridized carbons (Fsp3) is 0.556. The van der Waals surface area contributed by atoms with Crippen molar-refractivity contribution in [2.75, 3.05) is 0 Å². The predicted octanol–water partition coefficient (Wildman–Crippen LogP) is 0.554. The van der Waals surface area contributed by atoms with E-state index in [1.165, 1.54) is 6.08 Å². The molecule has 0 unspecified atom stereocenters. The second-order valence-corrected chi connectivity index (χ2v) is 2.56. The average molecular weight is 154 g/mol. The molecule has 3 atom stereocenters. The van der Waals surface area contributed by atoms with Gasteiger partial charge < -0.3 is 10.2 Å². The zero-order valence-corrected chi connectivity index (χ0v) is 6.70. The van der Waals surface area contributed by atoms with E-state index < -0.39 is 12.2 Å². The van der Waals surface area contributed by atoms with Gasteiger partial charge in [-0.1, -0.05) is 13.0 Å². The predicted molar refractivity (Wildman–Crippen MR) is 44.8 cm³/mol. The lowest BCUT2D eigenvalue weighted by molar-refractivity contribution is 0.0485. The van der Waals surface area contributed by atoms with Crippen LogP contribution in [-0.2, 0) is 0 Å². The summed E-state index contributed by atoms with van der Waals surface area (Å²) in [4.78, 5) is 0. The minimum absolute atomic E-state index is 0.247. The van der Waals surface area contributed by atoms with Gasteiger partial charge in [0.25, 0.3) is 0 Å². The molecule has 2 N–H and O–H groups in total. The molecule has 2 heteroatoms. The van der Waals surface area contributed by atoms with Crippen LogP contribution in [0, 0.1) is 18.3 Å². The van der Waals surface area contributed by atoms with E-state index in [1.54, 1.807) is 6.92 Å². The molecule has 2 nitrogen and oxygen atoms in total. The van der Waals surface area contributed by atoms with Crippen molar-refractivity contribution in [1.82, 2.24) is 0 Å². The molecule has 0 aromatic carbocycles. The summed E-state index contributed by atoms with van der Waals surface area (Å²) in [7, 11) is 0. The largest absolute Gasteiger partial charge is 0.392 e. The molecule has 0 aromatic heterocycles. The Kier molecular flexibility index (Phi) is 4.60. The van der Waals surface area contributed by atoms with E-state index in [9.17, 15) is 10.2 Å². The molecule has 0 bridgehead atoms. The Bertz CT molecular complexity index is 157. The van der Waals surface area contributed by atoms with Crippen molar-refractivity contribution in [2.45, 2.75) is 25.6 Å². The average Bonchev–Trinajstić information content (AvgIpc) is 2.02. The molecule has 0 rings (SSSR count). The van der Waals surface area contributed by atoms with Gasteiger partial charge in [0, 0.05) is 12.3 Å². The summed E-state index contributed by atoms with van der Waals surface area (Å²) in [5.74, 6) is 2.09. The van der Waals surface area contributed by atoms with Crippen molar-refractivity contribution in [2.24, 2.45) is 5.92 Å². The molecule has 0 fully saturated rings. The zero-order chi connectivity index (χ0) is 8.85. The van der Waals surface area contributed by atoms with Crippen LogP contribution in [0.3, 0.4) is 0 Å². The molecular weight excluding hydrogens is 140 g/mol. The molecule has 0 aliphatic heterocycles. The quantitative estimate of drug-likeness (QED) is 0.458. The van der Waals surface area contributed by atoms with Gasteiger partial charge in [-0.05, 0) is 0 Å². The third kappa shape index (κ3) is 3.22. The van der Waals surface area contributed by atoms with Crippen LogP contribution in [0.1, 0.15) is 13.3 Å². The Morgan fingerprint density at radius 3 is 2.55 bits per heavy atom. The van der Waals surface area contributed by atoms with Crippen molar-refractivity contribution in [3.8, 4) is 12.3 Å². The first kappa shape index (κ1) is 10.2. The molecule has 0 aliphatic rings. The molecular formula is C9H14O2. The summed E-state index contributed by atoms with van der Waals surface area (Å²) in [5, 5.41) is 18.4. The highest BCUT2D eigenvalue weighted by Crippen LogP contribution is 2.11. The summed E-state index contributed by atoms with van der Waals surface area (Å²) in [6.07, 6.45) is 5.33. The van der Waals surface area contributed by atoms with Gasteiger partial charge in [0.1, 0.15) is 0 Å².